The average Bonchev–Trinajstić information content (AvgIpc) is 2.51. The van der Waals surface area contributed by atoms with Crippen LogP contribution >= 0.6 is 11.6 Å². The molecule has 1 amide bonds. The van der Waals surface area contributed by atoms with Crippen LogP contribution in [0.2, 0.25) is 5.02 Å². The summed E-state index contributed by atoms with van der Waals surface area (Å²) in [6, 6.07) is 15.8. The molecular formula is C18H21ClN2O. The lowest BCUT2D eigenvalue weighted by Crippen LogP contribution is -2.29. The number of carbonyl (C=O) groups excluding carboxylic acids is 1. The van der Waals surface area contributed by atoms with E-state index in [4.69, 9.17) is 11.6 Å². The molecule has 0 aliphatic rings. The van der Waals surface area contributed by atoms with Gasteiger partial charge in [0, 0.05) is 10.7 Å². The number of carbonyl (C=O) groups is 1. The molecule has 116 valence electrons. The Hall–Kier alpha value is -1.84. The molecule has 2 aromatic carbocycles. The molecule has 0 saturated carbocycles. The van der Waals surface area contributed by atoms with Crippen molar-refractivity contribution < 1.29 is 4.79 Å². The van der Waals surface area contributed by atoms with Crippen molar-refractivity contribution in [1.29, 1.82) is 0 Å². The molecule has 2 N–H and O–H groups in total. The minimum absolute atomic E-state index is 0.0369. The number of nitrogens with one attached hydrogen (secondary N) is 2. The lowest BCUT2D eigenvalue weighted by atomic mass is 10.1. The Morgan fingerprint density at radius 1 is 1.14 bits per heavy atom. The maximum absolute atomic E-state index is 11.9. The first kappa shape index (κ1) is 16.5. The number of aryl methyl sites for hydroxylation is 2. The summed E-state index contributed by atoms with van der Waals surface area (Å²) >= 11 is 5.90. The molecule has 4 heteroatoms. The highest BCUT2D eigenvalue weighted by molar-refractivity contribution is 6.30. The summed E-state index contributed by atoms with van der Waals surface area (Å²) < 4.78 is 0. The summed E-state index contributed by atoms with van der Waals surface area (Å²) in [6.07, 6.45) is 2.03. The lowest BCUT2D eigenvalue weighted by molar-refractivity contribution is -0.115. The van der Waals surface area contributed by atoms with Gasteiger partial charge < -0.3 is 10.6 Å². The third kappa shape index (κ3) is 5.51. The van der Waals surface area contributed by atoms with Gasteiger partial charge in [0.1, 0.15) is 0 Å². The van der Waals surface area contributed by atoms with Crippen molar-refractivity contribution in [1.82, 2.24) is 5.32 Å². The SMILES string of the molecule is Cc1cc(Cl)ccc1NC(=O)CNCCCc1ccccc1. The summed E-state index contributed by atoms with van der Waals surface area (Å²) in [5, 5.41) is 6.73. The van der Waals surface area contributed by atoms with Crippen LogP contribution in [0, 0.1) is 6.92 Å². The largest absolute Gasteiger partial charge is 0.325 e. The molecule has 22 heavy (non-hydrogen) atoms. The molecule has 0 aliphatic heterocycles. The number of halogens is 1. The highest BCUT2D eigenvalue weighted by atomic mass is 35.5. The summed E-state index contributed by atoms with van der Waals surface area (Å²) in [4.78, 5) is 11.9. The quantitative estimate of drug-likeness (QED) is 0.763. The zero-order valence-electron chi connectivity index (χ0n) is 12.7. The van der Waals surface area contributed by atoms with Crippen LogP contribution in [0.1, 0.15) is 17.5 Å². The van der Waals surface area contributed by atoms with Crippen LogP contribution < -0.4 is 10.6 Å². The van der Waals surface area contributed by atoms with Crippen molar-refractivity contribution in [2.45, 2.75) is 19.8 Å². The molecule has 2 rings (SSSR count). The first-order chi connectivity index (χ1) is 10.6. The number of rotatable bonds is 7. The van der Waals surface area contributed by atoms with E-state index in [0.29, 0.717) is 11.6 Å². The Kier molecular flexibility index (Phi) is 6.44. The molecule has 0 atom stereocenters. The summed E-state index contributed by atoms with van der Waals surface area (Å²) in [5.74, 6) is -0.0369. The van der Waals surface area contributed by atoms with Crippen molar-refractivity contribution in [3.05, 3.63) is 64.7 Å². The molecular weight excluding hydrogens is 296 g/mol. The van der Waals surface area contributed by atoms with E-state index in [1.807, 2.05) is 37.3 Å². The van der Waals surface area contributed by atoms with E-state index in [0.717, 1.165) is 30.6 Å². The van der Waals surface area contributed by atoms with Crippen LogP contribution in [0.15, 0.2) is 48.5 Å². The topological polar surface area (TPSA) is 41.1 Å². The van der Waals surface area contributed by atoms with E-state index in [2.05, 4.69) is 22.8 Å². The molecule has 0 radical (unpaired) electrons. The highest BCUT2D eigenvalue weighted by Crippen LogP contribution is 2.19. The second-order valence-electron chi connectivity index (χ2n) is 5.27. The van der Waals surface area contributed by atoms with Gasteiger partial charge in [-0.15, -0.1) is 0 Å². The predicted molar refractivity (Wildman–Crippen MR) is 92.5 cm³/mol. The molecule has 0 fully saturated rings. The Bertz CT molecular complexity index is 614. The van der Waals surface area contributed by atoms with Crippen molar-refractivity contribution >= 4 is 23.2 Å². The fourth-order valence-electron chi connectivity index (χ4n) is 2.23. The fourth-order valence-corrected chi connectivity index (χ4v) is 2.45. The van der Waals surface area contributed by atoms with E-state index < -0.39 is 0 Å². The van der Waals surface area contributed by atoms with Crippen LogP contribution in [-0.2, 0) is 11.2 Å². The van der Waals surface area contributed by atoms with E-state index in [1.54, 1.807) is 6.07 Å². The third-order valence-electron chi connectivity index (χ3n) is 3.41. The van der Waals surface area contributed by atoms with Crippen LogP contribution in [0.25, 0.3) is 0 Å². The van der Waals surface area contributed by atoms with Gasteiger partial charge in [-0.1, -0.05) is 41.9 Å². The molecule has 2 aromatic rings. The van der Waals surface area contributed by atoms with E-state index >= 15 is 0 Å². The van der Waals surface area contributed by atoms with Gasteiger partial charge >= 0.3 is 0 Å². The molecule has 0 aromatic heterocycles. The molecule has 0 aliphatic carbocycles. The van der Waals surface area contributed by atoms with Crippen LogP contribution in [0.4, 0.5) is 5.69 Å². The average molecular weight is 317 g/mol. The molecule has 0 unspecified atom stereocenters. The van der Waals surface area contributed by atoms with Crippen molar-refractivity contribution in [2.24, 2.45) is 0 Å². The number of benzene rings is 2. The summed E-state index contributed by atoms with van der Waals surface area (Å²) in [5.41, 5.74) is 3.09. The van der Waals surface area contributed by atoms with Gasteiger partial charge in [-0.25, -0.2) is 0 Å². The van der Waals surface area contributed by atoms with Crippen LogP contribution in [0.3, 0.4) is 0 Å². The van der Waals surface area contributed by atoms with Gasteiger partial charge in [0.25, 0.3) is 0 Å². The Balaban J connectivity index is 1.65. The second kappa shape index (κ2) is 8.57. The Morgan fingerprint density at radius 2 is 1.91 bits per heavy atom. The number of anilines is 1. The smallest absolute Gasteiger partial charge is 0.238 e. The maximum Gasteiger partial charge on any atom is 0.238 e. The molecule has 0 spiro atoms. The van der Waals surface area contributed by atoms with Gasteiger partial charge in [-0.3, -0.25) is 4.79 Å². The van der Waals surface area contributed by atoms with Crippen molar-refractivity contribution in [3.8, 4) is 0 Å². The normalized spacial score (nSPS) is 10.5. The Morgan fingerprint density at radius 3 is 2.64 bits per heavy atom. The predicted octanol–water partition coefficient (Wildman–Crippen LogP) is 3.81. The number of hydrogen-bond acceptors (Lipinski definition) is 2. The molecule has 3 nitrogen and oxygen atoms in total. The van der Waals surface area contributed by atoms with Gasteiger partial charge in [0.15, 0.2) is 0 Å². The van der Waals surface area contributed by atoms with Crippen LogP contribution in [-0.4, -0.2) is 19.0 Å². The standard InChI is InChI=1S/C18H21ClN2O/c1-14-12-16(19)9-10-17(14)21-18(22)13-20-11-5-8-15-6-3-2-4-7-15/h2-4,6-7,9-10,12,20H,5,8,11,13H2,1H3,(H,21,22). The lowest BCUT2D eigenvalue weighted by Gasteiger charge is -2.09. The maximum atomic E-state index is 11.9. The van der Waals surface area contributed by atoms with Gasteiger partial charge in [-0.05, 0) is 55.6 Å². The number of hydrogen-bond donors (Lipinski definition) is 2. The molecule has 0 heterocycles. The van der Waals surface area contributed by atoms with Crippen LogP contribution in [0.5, 0.6) is 0 Å². The molecule has 0 saturated heterocycles. The zero-order valence-corrected chi connectivity index (χ0v) is 13.5. The minimum Gasteiger partial charge on any atom is -0.325 e. The van der Waals surface area contributed by atoms with Gasteiger partial charge in [-0.2, -0.15) is 0 Å². The first-order valence-corrected chi connectivity index (χ1v) is 7.83. The van der Waals surface area contributed by atoms with E-state index in [9.17, 15) is 4.79 Å². The zero-order chi connectivity index (χ0) is 15.8. The number of amides is 1. The summed E-state index contributed by atoms with van der Waals surface area (Å²) in [6.45, 7) is 3.06. The second-order valence-corrected chi connectivity index (χ2v) is 5.71. The van der Waals surface area contributed by atoms with E-state index in [-0.39, 0.29) is 5.91 Å². The van der Waals surface area contributed by atoms with Gasteiger partial charge in [0.05, 0.1) is 6.54 Å². The fraction of sp³-hybridized carbons (Fsp3) is 0.278. The monoisotopic (exact) mass is 316 g/mol. The Labute approximate surface area is 136 Å². The van der Waals surface area contributed by atoms with E-state index in [1.165, 1.54) is 5.56 Å². The van der Waals surface area contributed by atoms with Crippen molar-refractivity contribution in [3.63, 3.8) is 0 Å². The minimum atomic E-state index is -0.0369. The highest BCUT2D eigenvalue weighted by Gasteiger charge is 2.04. The van der Waals surface area contributed by atoms with Gasteiger partial charge in [0.2, 0.25) is 5.91 Å². The first-order valence-electron chi connectivity index (χ1n) is 7.46. The third-order valence-corrected chi connectivity index (χ3v) is 3.65. The summed E-state index contributed by atoms with van der Waals surface area (Å²) in [7, 11) is 0. The van der Waals surface area contributed by atoms with Crippen molar-refractivity contribution in [2.75, 3.05) is 18.4 Å². The molecule has 0 bridgehead atoms.